The highest BCUT2D eigenvalue weighted by atomic mass is 35.5. The normalized spacial score (nSPS) is 10.2. The summed E-state index contributed by atoms with van der Waals surface area (Å²) >= 11 is 6.59. The molecule has 0 bridgehead atoms. The van der Waals surface area contributed by atoms with Crippen molar-refractivity contribution in [1.29, 1.82) is 0 Å². The third-order valence-electron chi connectivity index (χ3n) is 2.40. The van der Waals surface area contributed by atoms with Crippen LogP contribution < -0.4 is 5.32 Å². The number of nitrogens with one attached hydrogen (secondary N) is 1. The summed E-state index contributed by atoms with van der Waals surface area (Å²) in [5.41, 5.74) is 0.0208. The molecular weight excluding hydrogens is 305 g/mol. The van der Waals surface area contributed by atoms with Crippen LogP contribution in [0.5, 0.6) is 0 Å². The van der Waals surface area contributed by atoms with Crippen LogP contribution in [0.2, 0.25) is 5.02 Å². The fourth-order valence-corrected chi connectivity index (χ4v) is 2.42. The number of amides is 1. The molecule has 0 unspecified atom stereocenters. The van der Waals surface area contributed by atoms with Crippen LogP contribution in [0.4, 0.5) is 10.1 Å². The summed E-state index contributed by atoms with van der Waals surface area (Å²) < 4.78 is 18.1. The van der Waals surface area contributed by atoms with E-state index in [2.05, 4.69) is 10.1 Å². The topological polar surface area (TPSA) is 55.4 Å². The fraction of sp³-hybridized carbons (Fsp3) is 0.0769. The van der Waals surface area contributed by atoms with Crippen molar-refractivity contribution >= 4 is 40.5 Å². The molecule has 0 spiro atoms. The molecule has 1 aromatic carbocycles. The minimum absolute atomic E-state index is 0.0208. The maximum atomic E-state index is 13.5. The van der Waals surface area contributed by atoms with Crippen LogP contribution in [-0.4, -0.2) is 19.0 Å². The number of hydrogen-bond donors (Lipinski definition) is 1. The summed E-state index contributed by atoms with van der Waals surface area (Å²) in [7, 11) is 1.25. The van der Waals surface area contributed by atoms with Crippen LogP contribution in [0.15, 0.2) is 30.3 Å². The molecule has 20 heavy (non-hydrogen) atoms. The van der Waals surface area contributed by atoms with Gasteiger partial charge in [-0.05, 0) is 30.3 Å². The summed E-state index contributed by atoms with van der Waals surface area (Å²) in [5.74, 6) is -1.66. The zero-order valence-electron chi connectivity index (χ0n) is 10.3. The minimum Gasteiger partial charge on any atom is -0.465 e. The second-order valence-corrected chi connectivity index (χ2v) is 5.25. The van der Waals surface area contributed by atoms with Gasteiger partial charge in [0.2, 0.25) is 0 Å². The van der Waals surface area contributed by atoms with E-state index in [4.69, 9.17) is 11.6 Å². The van der Waals surface area contributed by atoms with Gasteiger partial charge in [0.25, 0.3) is 5.91 Å². The van der Waals surface area contributed by atoms with Crippen LogP contribution in [0.25, 0.3) is 0 Å². The Balaban J connectivity index is 2.16. The first-order chi connectivity index (χ1) is 9.51. The fourth-order valence-electron chi connectivity index (χ4n) is 1.44. The van der Waals surface area contributed by atoms with Crippen molar-refractivity contribution in [3.05, 3.63) is 50.9 Å². The Bertz CT molecular complexity index is 671. The Morgan fingerprint density at radius 2 is 1.95 bits per heavy atom. The predicted molar refractivity (Wildman–Crippen MR) is 75.0 cm³/mol. The highest BCUT2D eigenvalue weighted by molar-refractivity contribution is 7.16. The van der Waals surface area contributed by atoms with Gasteiger partial charge < -0.3 is 10.1 Å². The van der Waals surface area contributed by atoms with Crippen molar-refractivity contribution in [2.24, 2.45) is 0 Å². The van der Waals surface area contributed by atoms with Gasteiger partial charge in [-0.15, -0.1) is 11.3 Å². The molecule has 0 saturated heterocycles. The zero-order chi connectivity index (χ0) is 14.7. The number of esters is 1. The maximum Gasteiger partial charge on any atom is 0.348 e. The molecule has 2 aromatic rings. The van der Waals surface area contributed by atoms with Gasteiger partial charge in [-0.1, -0.05) is 11.6 Å². The number of thiophene rings is 1. The molecule has 1 N–H and O–H groups in total. The van der Waals surface area contributed by atoms with E-state index in [1.165, 1.54) is 31.4 Å². The number of benzene rings is 1. The summed E-state index contributed by atoms with van der Waals surface area (Å²) in [6.07, 6.45) is 0. The molecule has 0 aliphatic carbocycles. The number of halogens is 2. The molecule has 4 nitrogen and oxygen atoms in total. The summed E-state index contributed by atoms with van der Waals surface area (Å²) in [6, 6.07) is 6.88. The minimum atomic E-state index is -0.629. The Morgan fingerprint density at radius 3 is 2.60 bits per heavy atom. The smallest absolute Gasteiger partial charge is 0.348 e. The van der Waals surface area contributed by atoms with E-state index in [-0.39, 0.29) is 15.6 Å². The molecule has 1 amide bonds. The van der Waals surface area contributed by atoms with Gasteiger partial charge in [-0.25, -0.2) is 9.18 Å². The highest BCUT2D eigenvalue weighted by Gasteiger charge is 2.15. The summed E-state index contributed by atoms with van der Waals surface area (Å²) in [5, 5.41) is 2.65. The Labute approximate surface area is 123 Å². The van der Waals surface area contributed by atoms with Crippen molar-refractivity contribution in [2.45, 2.75) is 0 Å². The molecule has 0 atom stereocenters. The molecule has 1 heterocycles. The van der Waals surface area contributed by atoms with Crippen molar-refractivity contribution in [1.82, 2.24) is 0 Å². The van der Waals surface area contributed by atoms with E-state index in [0.29, 0.717) is 4.88 Å². The van der Waals surface area contributed by atoms with Crippen LogP contribution >= 0.6 is 22.9 Å². The lowest BCUT2D eigenvalue weighted by Crippen LogP contribution is -2.11. The van der Waals surface area contributed by atoms with Crippen molar-refractivity contribution in [3.8, 4) is 0 Å². The van der Waals surface area contributed by atoms with Crippen LogP contribution in [0, 0.1) is 5.82 Å². The number of methoxy groups -OCH3 is 1. The average molecular weight is 314 g/mol. The molecule has 7 heteroatoms. The molecule has 0 aliphatic rings. The predicted octanol–water partition coefficient (Wildman–Crippen LogP) is 3.58. The lowest BCUT2D eigenvalue weighted by molar-refractivity contribution is 0.0606. The second-order valence-electron chi connectivity index (χ2n) is 3.73. The number of carbonyl (C=O) groups excluding carboxylic acids is 2. The largest absolute Gasteiger partial charge is 0.465 e. The molecule has 0 radical (unpaired) electrons. The SMILES string of the molecule is COC(=O)c1ccc(C(=O)Nc2ccc(Cl)cc2F)s1. The molecule has 0 saturated carbocycles. The lowest BCUT2D eigenvalue weighted by Gasteiger charge is -2.05. The Kier molecular flexibility index (Phi) is 4.36. The van der Waals surface area contributed by atoms with E-state index in [1.54, 1.807) is 0 Å². The van der Waals surface area contributed by atoms with Crippen molar-refractivity contribution in [2.75, 3.05) is 12.4 Å². The molecule has 0 aliphatic heterocycles. The van der Waals surface area contributed by atoms with Crippen LogP contribution in [0.3, 0.4) is 0 Å². The number of carbonyl (C=O) groups is 2. The monoisotopic (exact) mass is 313 g/mol. The van der Waals surface area contributed by atoms with Gasteiger partial charge in [-0.2, -0.15) is 0 Å². The van der Waals surface area contributed by atoms with Gasteiger partial charge in [0.05, 0.1) is 17.7 Å². The highest BCUT2D eigenvalue weighted by Crippen LogP contribution is 2.22. The first-order valence-electron chi connectivity index (χ1n) is 5.46. The van der Waals surface area contributed by atoms with E-state index in [1.807, 2.05) is 0 Å². The van der Waals surface area contributed by atoms with Gasteiger partial charge in [0, 0.05) is 5.02 Å². The van der Waals surface area contributed by atoms with Gasteiger partial charge in [0.15, 0.2) is 0 Å². The number of hydrogen-bond acceptors (Lipinski definition) is 4. The zero-order valence-corrected chi connectivity index (χ0v) is 11.8. The van der Waals surface area contributed by atoms with Crippen molar-refractivity contribution in [3.63, 3.8) is 0 Å². The summed E-state index contributed by atoms with van der Waals surface area (Å²) in [4.78, 5) is 23.8. The van der Waals surface area contributed by atoms with E-state index in [9.17, 15) is 14.0 Å². The van der Waals surface area contributed by atoms with E-state index >= 15 is 0 Å². The number of ether oxygens (including phenoxy) is 1. The molecule has 1 aromatic heterocycles. The Hall–Kier alpha value is -1.92. The molecular formula is C13H9ClFNO3S. The molecule has 0 fully saturated rings. The average Bonchev–Trinajstić information content (AvgIpc) is 2.90. The summed E-state index contributed by atoms with van der Waals surface area (Å²) in [6.45, 7) is 0. The number of anilines is 1. The maximum absolute atomic E-state index is 13.5. The van der Waals surface area contributed by atoms with Gasteiger partial charge in [-0.3, -0.25) is 4.79 Å². The third kappa shape index (κ3) is 3.15. The standard InChI is InChI=1S/C13H9ClFNO3S/c1-19-13(18)11-5-4-10(20-11)12(17)16-9-3-2-7(14)6-8(9)15/h2-6H,1H3,(H,16,17). The van der Waals surface area contributed by atoms with Gasteiger partial charge >= 0.3 is 5.97 Å². The molecule has 104 valence electrons. The van der Waals surface area contributed by atoms with Crippen LogP contribution in [-0.2, 0) is 4.74 Å². The second kappa shape index (κ2) is 6.02. The first-order valence-corrected chi connectivity index (χ1v) is 6.65. The lowest BCUT2D eigenvalue weighted by atomic mass is 10.3. The first kappa shape index (κ1) is 14.5. The number of rotatable bonds is 3. The molecule has 2 rings (SSSR count). The quantitative estimate of drug-likeness (QED) is 0.881. The van der Waals surface area contributed by atoms with Crippen LogP contribution in [0.1, 0.15) is 19.3 Å². The third-order valence-corrected chi connectivity index (χ3v) is 3.69. The van der Waals surface area contributed by atoms with Gasteiger partial charge in [0.1, 0.15) is 10.7 Å². The Morgan fingerprint density at radius 1 is 1.25 bits per heavy atom. The van der Waals surface area contributed by atoms with E-state index in [0.717, 1.165) is 17.4 Å². The van der Waals surface area contributed by atoms with Crippen molar-refractivity contribution < 1.29 is 18.7 Å². The van der Waals surface area contributed by atoms with E-state index < -0.39 is 17.7 Å².